The van der Waals surface area contributed by atoms with Crippen molar-refractivity contribution in [2.45, 2.75) is 13.1 Å². The molecule has 1 saturated heterocycles. The largest absolute Gasteiger partial charge is 0.490 e. The molecule has 1 fully saturated rings. The molecule has 0 saturated carbocycles. The normalized spacial score (nSPS) is 13.4. The van der Waals surface area contributed by atoms with Gasteiger partial charge in [-0.2, -0.15) is 13.2 Å². The summed E-state index contributed by atoms with van der Waals surface area (Å²) in [5, 5.41) is 11.3. The monoisotopic (exact) mass is 570 g/mol. The molecular weight excluding hydrogens is 548 g/mol. The van der Waals surface area contributed by atoms with E-state index in [2.05, 4.69) is 15.2 Å². The van der Waals surface area contributed by atoms with Crippen LogP contribution in [-0.2, 0) is 9.53 Å². The van der Waals surface area contributed by atoms with Crippen molar-refractivity contribution in [3.8, 4) is 0 Å². The van der Waals surface area contributed by atoms with Crippen LogP contribution in [0.2, 0.25) is 5.02 Å². The molecular formula is C25H23ClF4N4O5. The Morgan fingerprint density at radius 1 is 1.05 bits per heavy atom. The van der Waals surface area contributed by atoms with E-state index in [4.69, 9.17) is 26.2 Å². The van der Waals surface area contributed by atoms with Crippen molar-refractivity contribution in [3.63, 3.8) is 0 Å². The molecule has 0 aliphatic carbocycles. The highest BCUT2D eigenvalue weighted by molar-refractivity contribution is 6.31. The molecule has 2 heterocycles. The first-order valence-corrected chi connectivity index (χ1v) is 11.9. The van der Waals surface area contributed by atoms with Crippen molar-refractivity contribution in [2.24, 2.45) is 0 Å². The summed E-state index contributed by atoms with van der Waals surface area (Å²) in [4.78, 5) is 42.0. The van der Waals surface area contributed by atoms with Gasteiger partial charge in [0.05, 0.1) is 12.1 Å². The summed E-state index contributed by atoms with van der Waals surface area (Å²) in [7, 11) is 0. The number of pyridine rings is 1. The number of aliphatic carboxylic acids is 1. The van der Waals surface area contributed by atoms with Gasteiger partial charge < -0.3 is 25.0 Å². The maximum atomic E-state index is 13.1. The fraction of sp³-hybridized carbons (Fsp3) is 0.280. The summed E-state index contributed by atoms with van der Waals surface area (Å²) in [6, 6.07) is 12.5. The standard InChI is InChI=1S/C23H22ClFN4O3.C2HF3O2/c1-2-32-22(30)20-14-21(18-8-3-15(24)13-19(18)27-20)28-9-11-29(12-10-28)23(31)26-17-6-4-16(25)5-7-17;3-2(4,5)1(6)7/h3-8,13-14H,2,9-12H2,1H3,(H,26,31);(H,6,7). The molecule has 0 unspecified atom stereocenters. The maximum absolute atomic E-state index is 13.1. The number of nitrogens with one attached hydrogen (secondary N) is 1. The number of alkyl halides is 3. The van der Waals surface area contributed by atoms with Gasteiger partial charge in [-0.1, -0.05) is 11.6 Å². The highest BCUT2D eigenvalue weighted by atomic mass is 35.5. The number of benzene rings is 2. The zero-order chi connectivity index (χ0) is 28.7. The van der Waals surface area contributed by atoms with Crippen LogP contribution in [0.3, 0.4) is 0 Å². The summed E-state index contributed by atoms with van der Waals surface area (Å²) in [6.07, 6.45) is -5.08. The highest BCUT2D eigenvalue weighted by Gasteiger charge is 2.38. The van der Waals surface area contributed by atoms with Crippen molar-refractivity contribution in [2.75, 3.05) is 43.0 Å². The van der Waals surface area contributed by atoms with Crippen molar-refractivity contribution < 1.29 is 41.8 Å². The van der Waals surface area contributed by atoms with Crippen LogP contribution in [0.25, 0.3) is 10.9 Å². The second-order valence-electron chi connectivity index (χ2n) is 8.12. The Kier molecular flexibility index (Phi) is 9.51. The third kappa shape index (κ3) is 7.93. The van der Waals surface area contributed by atoms with Gasteiger partial charge in [0, 0.05) is 48.0 Å². The molecule has 9 nitrogen and oxygen atoms in total. The van der Waals surface area contributed by atoms with Gasteiger partial charge in [0.15, 0.2) is 5.69 Å². The summed E-state index contributed by atoms with van der Waals surface area (Å²) in [6.45, 7) is 4.11. The molecule has 3 aromatic rings. The fourth-order valence-electron chi connectivity index (χ4n) is 3.64. The second-order valence-corrected chi connectivity index (χ2v) is 8.56. The fourth-order valence-corrected chi connectivity index (χ4v) is 3.81. The number of hydrogen-bond acceptors (Lipinski definition) is 6. The smallest absolute Gasteiger partial charge is 0.475 e. The molecule has 0 spiro atoms. The summed E-state index contributed by atoms with van der Waals surface area (Å²) in [5.74, 6) is -3.61. The highest BCUT2D eigenvalue weighted by Crippen LogP contribution is 2.30. The lowest BCUT2D eigenvalue weighted by Gasteiger charge is -2.36. The van der Waals surface area contributed by atoms with E-state index < -0.39 is 18.1 Å². The lowest BCUT2D eigenvalue weighted by Crippen LogP contribution is -2.50. The third-order valence-electron chi connectivity index (χ3n) is 5.48. The molecule has 208 valence electrons. The molecule has 1 aliphatic rings. The minimum absolute atomic E-state index is 0.216. The number of amides is 2. The van der Waals surface area contributed by atoms with E-state index in [1.165, 1.54) is 24.3 Å². The number of hydrogen-bond donors (Lipinski definition) is 2. The van der Waals surface area contributed by atoms with Crippen molar-refractivity contribution in [1.82, 2.24) is 9.88 Å². The third-order valence-corrected chi connectivity index (χ3v) is 5.72. The number of halogens is 5. The summed E-state index contributed by atoms with van der Waals surface area (Å²) >= 11 is 6.14. The lowest BCUT2D eigenvalue weighted by atomic mass is 10.1. The first kappa shape index (κ1) is 29.4. The van der Waals surface area contributed by atoms with E-state index in [1.807, 2.05) is 6.07 Å². The first-order chi connectivity index (χ1) is 18.4. The SMILES string of the molecule is CCOC(=O)c1cc(N2CCN(C(=O)Nc3ccc(F)cc3)CC2)c2ccc(Cl)cc2n1.O=C(O)C(F)(F)F. The van der Waals surface area contributed by atoms with Gasteiger partial charge in [-0.25, -0.2) is 23.8 Å². The number of aromatic nitrogens is 1. The number of nitrogens with zero attached hydrogens (tertiary/aromatic N) is 3. The second kappa shape index (κ2) is 12.6. The zero-order valence-electron chi connectivity index (χ0n) is 20.5. The number of fused-ring (bicyclic) bond motifs is 1. The van der Waals surface area contributed by atoms with E-state index in [-0.39, 0.29) is 24.1 Å². The van der Waals surface area contributed by atoms with Crippen LogP contribution in [-0.4, -0.2) is 71.9 Å². The number of carboxylic acids is 1. The molecule has 39 heavy (non-hydrogen) atoms. The van der Waals surface area contributed by atoms with Gasteiger partial charge in [-0.05, 0) is 55.5 Å². The minimum atomic E-state index is -5.08. The average molecular weight is 571 g/mol. The molecule has 1 aromatic heterocycles. The predicted octanol–water partition coefficient (Wildman–Crippen LogP) is 5.19. The number of carbonyl (C=O) groups excluding carboxylic acids is 2. The number of rotatable bonds is 4. The van der Waals surface area contributed by atoms with Gasteiger partial charge in [-0.3, -0.25) is 0 Å². The van der Waals surface area contributed by atoms with Crippen LogP contribution in [0.5, 0.6) is 0 Å². The Morgan fingerprint density at radius 2 is 1.67 bits per heavy atom. The predicted molar refractivity (Wildman–Crippen MR) is 136 cm³/mol. The lowest BCUT2D eigenvalue weighted by molar-refractivity contribution is -0.192. The van der Waals surface area contributed by atoms with Crippen LogP contribution < -0.4 is 10.2 Å². The summed E-state index contributed by atoms with van der Waals surface area (Å²) in [5.41, 5.74) is 2.20. The minimum Gasteiger partial charge on any atom is -0.475 e. The molecule has 2 amide bonds. The Bertz CT molecular complexity index is 1350. The van der Waals surface area contributed by atoms with Crippen molar-refractivity contribution in [3.05, 3.63) is 65.1 Å². The number of carbonyl (C=O) groups is 3. The Labute approximate surface area is 224 Å². The van der Waals surface area contributed by atoms with Gasteiger partial charge >= 0.3 is 24.1 Å². The van der Waals surface area contributed by atoms with Crippen LogP contribution in [0, 0.1) is 5.82 Å². The first-order valence-electron chi connectivity index (χ1n) is 11.5. The number of urea groups is 1. The van der Waals surface area contributed by atoms with Crippen LogP contribution in [0.4, 0.5) is 33.7 Å². The quantitative estimate of drug-likeness (QED) is 0.328. The van der Waals surface area contributed by atoms with Crippen LogP contribution in [0.15, 0.2) is 48.5 Å². The van der Waals surface area contributed by atoms with Crippen LogP contribution in [0.1, 0.15) is 17.4 Å². The van der Waals surface area contributed by atoms with E-state index >= 15 is 0 Å². The Morgan fingerprint density at radius 3 is 2.23 bits per heavy atom. The van der Waals surface area contributed by atoms with E-state index in [1.54, 1.807) is 30.0 Å². The molecule has 4 rings (SSSR count). The van der Waals surface area contributed by atoms with Crippen molar-refractivity contribution in [1.29, 1.82) is 0 Å². The van der Waals surface area contributed by atoms with E-state index in [9.17, 15) is 27.2 Å². The van der Waals surface area contributed by atoms with Crippen LogP contribution >= 0.6 is 11.6 Å². The molecule has 0 atom stereocenters. The number of carboxylic acid groups (broad SMARTS) is 1. The average Bonchev–Trinajstić information content (AvgIpc) is 2.89. The molecule has 14 heteroatoms. The van der Waals surface area contributed by atoms with Gasteiger partial charge in [-0.15, -0.1) is 0 Å². The van der Waals surface area contributed by atoms with E-state index in [0.29, 0.717) is 42.4 Å². The topological polar surface area (TPSA) is 112 Å². The van der Waals surface area contributed by atoms with Gasteiger partial charge in [0.1, 0.15) is 5.82 Å². The Hall–Kier alpha value is -4.13. The van der Waals surface area contributed by atoms with E-state index in [0.717, 1.165) is 11.1 Å². The number of ether oxygens (including phenoxy) is 1. The Balaban J connectivity index is 0.000000532. The number of anilines is 2. The van der Waals surface area contributed by atoms with Crippen molar-refractivity contribution >= 4 is 51.8 Å². The summed E-state index contributed by atoms with van der Waals surface area (Å²) < 4.78 is 49.9. The number of esters is 1. The maximum Gasteiger partial charge on any atom is 0.490 e. The van der Waals surface area contributed by atoms with Gasteiger partial charge in [0.2, 0.25) is 0 Å². The molecule has 2 aromatic carbocycles. The molecule has 1 aliphatic heterocycles. The molecule has 0 bridgehead atoms. The van der Waals surface area contributed by atoms with Gasteiger partial charge in [0.25, 0.3) is 0 Å². The molecule has 2 N–H and O–H groups in total. The number of piperazine rings is 1. The molecule has 0 radical (unpaired) electrons. The zero-order valence-corrected chi connectivity index (χ0v) is 21.2.